The van der Waals surface area contributed by atoms with Gasteiger partial charge in [0.25, 0.3) is 0 Å². The first-order valence-corrected chi connectivity index (χ1v) is 5.60. The first-order chi connectivity index (χ1) is 7.74. The normalized spacial score (nSPS) is 11.0. The van der Waals surface area contributed by atoms with E-state index in [0.29, 0.717) is 13.2 Å². The van der Waals surface area contributed by atoms with Crippen LogP contribution >= 0.6 is 15.9 Å². The maximum atomic E-state index is 11.1. The lowest BCUT2D eigenvalue weighted by molar-refractivity contribution is -0.134. The number of oxime groups is 1. The molecule has 0 fully saturated rings. The van der Waals surface area contributed by atoms with Crippen LogP contribution in [-0.2, 0) is 21.0 Å². The number of esters is 1. The summed E-state index contributed by atoms with van der Waals surface area (Å²) in [5.74, 6) is -0.532. The molecular weight excluding hydrogens is 274 g/mol. The Balaban J connectivity index is 2.39. The Bertz CT molecular complexity index is 365. The van der Waals surface area contributed by atoms with Crippen LogP contribution in [0, 0.1) is 0 Å². The Kier molecular flexibility index (Phi) is 5.56. The average molecular weight is 286 g/mol. The molecule has 1 aromatic rings. The highest BCUT2D eigenvalue weighted by atomic mass is 79.9. The molecule has 0 amide bonds. The van der Waals surface area contributed by atoms with E-state index in [0.717, 1.165) is 5.56 Å². The Morgan fingerprint density at radius 3 is 2.69 bits per heavy atom. The van der Waals surface area contributed by atoms with E-state index in [4.69, 9.17) is 9.57 Å². The maximum absolute atomic E-state index is 11.1. The largest absolute Gasteiger partial charge is 0.461 e. The van der Waals surface area contributed by atoms with Gasteiger partial charge in [0.2, 0.25) is 4.62 Å². The Morgan fingerprint density at radius 2 is 2.06 bits per heavy atom. The van der Waals surface area contributed by atoms with Crippen LogP contribution in [0.2, 0.25) is 0 Å². The molecule has 0 saturated heterocycles. The molecule has 1 rings (SSSR count). The summed E-state index contributed by atoms with van der Waals surface area (Å²) in [6, 6.07) is 9.55. The third kappa shape index (κ3) is 4.44. The van der Waals surface area contributed by atoms with Gasteiger partial charge in [0.15, 0.2) is 0 Å². The zero-order valence-corrected chi connectivity index (χ0v) is 10.4. The van der Waals surface area contributed by atoms with Gasteiger partial charge in [-0.15, -0.1) is 0 Å². The molecule has 0 bridgehead atoms. The summed E-state index contributed by atoms with van der Waals surface area (Å²) < 4.78 is 4.74. The molecule has 0 aliphatic heterocycles. The number of hydrogen-bond donors (Lipinski definition) is 0. The molecule has 0 aromatic heterocycles. The molecule has 0 atom stereocenters. The van der Waals surface area contributed by atoms with Crippen molar-refractivity contribution in [1.29, 1.82) is 0 Å². The number of halogens is 1. The fourth-order valence-electron chi connectivity index (χ4n) is 0.966. The van der Waals surface area contributed by atoms with Crippen LogP contribution in [0.3, 0.4) is 0 Å². The first kappa shape index (κ1) is 12.7. The molecule has 4 nitrogen and oxygen atoms in total. The molecule has 86 valence electrons. The molecule has 0 aliphatic rings. The van der Waals surface area contributed by atoms with Gasteiger partial charge in [-0.05, 0) is 28.4 Å². The molecule has 0 heterocycles. The van der Waals surface area contributed by atoms with E-state index in [-0.39, 0.29) is 4.62 Å². The van der Waals surface area contributed by atoms with Crippen molar-refractivity contribution in [2.45, 2.75) is 13.5 Å². The van der Waals surface area contributed by atoms with Crippen molar-refractivity contribution in [1.82, 2.24) is 0 Å². The minimum Gasteiger partial charge on any atom is -0.461 e. The second-order valence-electron chi connectivity index (χ2n) is 2.86. The summed E-state index contributed by atoms with van der Waals surface area (Å²) in [7, 11) is 0. The molecular formula is C11H12BrNO3. The SMILES string of the molecule is CCOC(=O)C(Br)=NOCc1ccccc1. The van der Waals surface area contributed by atoms with Gasteiger partial charge in [-0.2, -0.15) is 0 Å². The van der Waals surface area contributed by atoms with E-state index < -0.39 is 5.97 Å². The highest BCUT2D eigenvalue weighted by molar-refractivity contribution is 9.19. The maximum Gasteiger partial charge on any atom is 0.367 e. The van der Waals surface area contributed by atoms with Crippen LogP contribution in [-0.4, -0.2) is 17.2 Å². The van der Waals surface area contributed by atoms with Crippen LogP contribution in [0.4, 0.5) is 0 Å². The number of rotatable bonds is 5. The van der Waals surface area contributed by atoms with Crippen molar-refractivity contribution in [2.24, 2.45) is 5.16 Å². The number of benzene rings is 1. The summed E-state index contributed by atoms with van der Waals surface area (Å²) in [6.07, 6.45) is 0. The smallest absolute Gasteiger partial charge is 0.367 e. The number of hydrogen-bond acceptors (Lipinski definition) is 4. The lowest BCUT2D eigenvalue weighted by Crippen LogP contribution is -2.11. The highest BCUT2D eigenvalue weighted by Crippen LogP contribution is 2.02. The molecule has 0 N–H and O–H groups in total. The summed E-state index contributed by atoms with van der Waals surface area (Å²) in [6.45, 7) is 2.35. The molecule has 0 aliphatic carbocycles. The van der Waals surface area contributed by atoms with Crippen LogP contribution in [0.1, 0.15) is 12.5 Å². The van der Waals surface area contributed by atoms with Gasteiger partial charge in [-0.3, -0.25) is 0 Å². The Labute approximate surface area is 102 Å². The minimum absolute atomic E-state index is 0.0327. The second-order valence-corrected chi connectivity index (χ2v) is 3.61. The summed E-state index contributed by atoms with van der Waals surface area (Å²) in [5.41, 5.74) is 0.982. The average Bonchev–Trinajstić information content (AvgIpc) is 2.30. The molecule has 16 heavy (non-hydrogen) atoms. The summed E-state index contributed by atoms with van der Waals surface area (Å²) in [4.78, 5) is 16.1. The zero-order valence-electron chi connectivity index (χ0n) is 8.85. The van der Waals surface area contributed by atoms with Crippen LogP contribution in [0.15, 0.2) is 35.5 Å². The lowest BCUT2D eigenvalue weighted by atomic mass is 10.2. The van der Waals surface area contributed by atoms with Gasteiger partial charge in [-0.25, -0.2) is 4.79 Å². The van der Waals surface area contributed by atoms with E-state index in [1.165, 1.54) is 0 Å². The fourth-order valence-corrected chi connectivity index (χ4v) is 1.18. The standard InChI is InChI=1S/C11H12BrNO3/c1-2-15-11(14)10(12)13-16-8-9-6-4-3-5-7-9/h3-7H,2,8H2,1H3. The van der Waals surface area contributed by atoms with E-state index in [1.807, 2.05) is 30.3 Å². The monoisotopic (exact) mass is 285 g/mol. The molecule has 0 spiro atoms. The van der Waals surface area contributed by atoms with Crippen molar-refractivity contribution in [3.63, 3.8) is 0 Å². The number of nitrogens with zero attached hydrogens (tertiary/aromatic N) is 1. The van der Waals surface area contributed by atoms with Crippen molar-refractivity contribution < 1.29 is 14.4 Å². The summed E-state index contributed by atoms with van der Waals surface area (Å²) >= 11 is 2.97. The van der Waals surface area contributed by atoms with Gasteiger partial charge in [0.1, 0.15) is 6.61 Å². The zero-order chi connectivity index (χ0) is 11.8. The number of ether oxygens (including phenoxy) is 1. The van der Waals surface area contributed by atoms with E-state index in [9.17, 15) is 4.79 Å². The van der Waals surface area contributed by atoms with Crippen molar-refractivity contribution in [3.8, 4) is 0 Å². The molecule has 1 aromatic carbocycles. The van der Waals surface area contributed by atoms with Crippen molar-refractivity contribution in [3.05, 3.63) is 35.9 Å². The van der Waals surface area contributed by atoms with Gasteiger partial charge >= 0.3 is 5.97 Å². The fraction of sp³-hybridized carbons (Fsp3) is 0.273. The predicted molar refractivity (Wildman–Crippen MR) is 64.2 cm³/mol. The number of carbonyl (C=O) groups excluding carboxylic acids is 1. The minimum atomic E-state index is -0.532. The van der Waals surface area contributed by atoms with Crippen molar-refractivity contribution >= 4 is 26.5 Å². The third-order valence-electron chi connectivity index (χ3n) is 1.66. The molecule has 0 saturated carbocycles. The number of carbonyl (C=O) groups is 1. The van der Waals surface area contributed by atoms with Crippen LogP contribution in [0.5, 0.6) is 0 Å². The van der Waals surface area contributed by atoms with Gasteiger partial charge in [0.05, 0.1) is 6.61 Å². The van der Waals surface area contributed by atoms with Gasteiger partial charge in [-0.1, -0.05) is 35.5 Å². The first-order valence-electron chi connectivity index (χ1n) is 4.80. The van der Waals surface area contributed by atoms with Crippen LogP contribution < -0.4 is 0 Å². The molecule has 0 unspecified atom stereocenters. The lowest BCUT2D eigenvalue weighted by Gasteiger charge is -2.01. The van der Waals surface area contributed by atoms with Gasteiger partial charge in [0, 0.05) is 0 Å². The van der Waals surface area contributed by atoms with Crippen LogP contribution in [0.25, 0.3) is 0 Å². The molecule has 5 heteroatoms. The van der Waals surface area contributed by atoms with E-state index in [2.05, 4.69) is 21.1 Å². The third-order valence-corrected chi connectivity index (χ3v) is 2.13. The Morgan fingerprint density at radius 1 is 1.38 bits per heavy atom. The second kappa shape index (κ2) is 7.00. The van der Waals surface area contributed by atoms with E-state index in [1.54, 1.807) is 6.92 Å². The topological polar surface area (TPSA) is 47.9 Å². The van der Waals surface area contributed by atoms with Gasteiger partial charge < -0.3 is 9.57 Å². The highest BCUT2D eigenvalue weighted by Gasteiger charge is 2.08. The Hall–Kier alpha value is -1.36. The predicted octanol–water partition coefficient (Wildman–Crippen LogP) is 2.47. The summed E-state index contributed by atoms with van der Waals surface area (Å²) in [5, 5.41) is 3.60. The van der Waals surface area contributed by atoms with E-state index >= 15 is 0 Å². The molecule has 0 radical (unpaired) electrons. The van der Waals surface area contributed by atoms with Crippen molar-refractivity contribution in [2.75, 3.05) is 6.61 Å². The quantitative estimate of drug-likeness (QED) is 0.474.